The Labute approximate surface area is 300 Å². The molecule has 1 aromatic rings. The first-order valence-corrected chi connectivity index (χ1v) is 24.7. The summed E-state index contributed by atoms with van der Waals surface area (Å²) in [6.45, 7) is 36.6. The maximum Gasteiger partial charge on any atom is 0.309 e. The van der Waals surface area contributed by atoms with Gasteiger partial charge < -0.3 is 13.6 Å². The fraction of sp³-hybridized carbons (Fsp3) is 0.769. The zero-order valence-corrected chi connectivity index (χ0v) is 36.4. The minimum absolute atomic E-state index is 0.00354. The number of carbonyl (C=O) groups is 2. The second kappa shape index (κ2) is 16.3. The van der Waals surface area contributed by atoms with Crippen LogP contribution in [0.4, 0.5) is 0 Å². The molecule has 9 heteroatoms. The van der Waals surface area contributed by atoms with Gasteiger partial charge in [0.1, 0.15) is 11.9 Å². The molecule has 0 amide bonds. The maximum absolute atomic E-state index is 14.8. The quantitative estimate of drug-likeness (QED) is 0.165. The molecule has 0 saturated carbocycles. The van der Waals surface area contributed by atoms with Gasteiger partial charge in [0, 0.05) is 23.1 Å². The Morgan fingerprint density at radius 2 is 1.56 bits per heavy atom. The number of carbonyl (C=O) groups excluding carboxylic acids is 2. The van der Waals surface area contributed by atoms with E-state index >= 15 is 0 Å². The average molecular weight is 720 g/mol. The third-order valence-corrected chi connectivity index (χ3v) is 21.2. The van der Waals surface area contributed by atoms with Gasteiger partial charge in [0.25, 0.3) is 0 Å². The van der Waals surface area contributed by atoms with Gasteiger partial charge in [0.05, 0.1) is 29.3 Å². The lowest BCUT2D eigenvalue weighted by molar-refractivity contribution is -0.153. The number of ether oxygens (including phenoxy) is 1. The summed E-state index contributed by atoms with van der Waals surface area (Å²) in [6.07, 6.45) is 6.45. The van der Waals surface area contributed by atoms with Crippen molar-refractivity contribution in [3.63, 3.8) is 0 Å². The summed E-state index contributed by atoms with van der Waals surface area (Å²) in [4.78, 5) is 33.4. The van der Waals surface area contributed by atoms with E-state index in [4.69, 9.17) is 13.6 Å². The minimum Gasteiger partial charge on any atom is -0.457 e. The van der Waals surface area contributed by atoms with Crippen molar-refractivity contribution in [2.75, 3.05) is 0 Å². The van der Waals surface area contributed by atoms with Gasteiger partial charge in [-0.1, -0.05) is 80.9 Å². The van der Waals surface area contributed by atoms with Crippen LogP contribution in [-0.4, -0.2) is 51.7 Å². The summed E-state index contributed by atoms with van der Waals surface area (Å²) in [5.74, 6) is -0.433. The summed E-state index contributed by atoms with van der Waals surface area (Å²) in [6, 6.07) is 0. The Hall–Kier alpha value is -1.40. The van der Waals surface area contributed by atoms with E-state index in [-0.39, 0.29) is 46.2 Å². The van der Waals surface area contributed by atoms with Crippen LogP contribution in [0.2, 0.25) is 36.3 Å². The van der Waals surface area contributed by atoms with Crippen molar-refractivity contribution in [1.82, 2.24) is 4.98 Å². The lowest BCUT2D eigenvalue weighted by atomic mass is 9.73. The zero-order valence-electron chi connectivity index (χ0n) is 33.6. The monoisotopic (exact) mass is 719 g/mol. The normalized spacial score (nSPS) is 27.7. The topological polar surface area (TPSA) is 74.7 Å². The molecule has 0 bridgehead atoms. The molecule has 0 spiro atoms. The van der Waals surface area contributed by atoms with Gasteiger partial charge in [-0.2, -0.15) is 0 Å². The third kappa shape index (κ3) is 11.3. The Morgan fingerprint density at radius 1 is 1.00 bits per heavy atom. The number of cyclic esters (lactones) is 1. The number of thiazole rings is 1. The molecule has 1 aliphatic rings. The molecule has 0 fully saturated rings. The van der Waals surface area contributed by atoms with Gasteiger partial charge in [0.2, 0.25) is 0 Å². The number of Topliss-reactive ketones (excluding diaryl/α,β-unsaturated/α-hetero) is 1. The highest BCUT2D eigenvalue weighted by Gasteiger charge is 2.50. The van der Waals surface area contributed by atoms with E-state index in [1.807, 2.05) is 46.1 Å². The van der Waals surface area contributed by atoms with Crippen molar-refractivity contribution in [3.05, 3.63) is 33.3 Å². The van der Waals surface area contributed by atoms with E-state index in [0.29, 0.717) is 6.42 Å². The van der Waals surface area contributed by atoms with Crippen LogP contribution in [0.3, 0.4) is 0 Å². The molecule has 274 valence electrons. The molecular formula is C39H69NO5SSi2. The number of hydrogen-bond acceptors (Lipinski definition) is 7. The van der Waals surface area contributed by atoms with Crippen LogP contribution in [0, 0.1) is 24.2 Å². The first-order chi connectivity index (χ1) is 21.7. The standard InChI is InChI=1S/C39H69NO5SSi2/c1-26-19-18-20-27(2)35(45-48(16,17)38(9,10)11)29(4)36(42)39(12,13)33(44-47(14,15)37(6,7)8)24-34(41)43-32(22-21-26)28(3)23-31-25-46-30(5)40-31/h21,23,25,27,29,32-33,35H,18-20,22,24H2,1-17H3/b26-21-,28-23+. The molecule has 6 nitrogen and oxygen atoms in total. The number of esters is 1. The first-order valence-electron chi connectivity index (χ1n) is 18.0. The van der Waals surface area contributed by atoms with Gasteiger partial charge in [0.15, 0.2) is 16.6 Å². The van der Waals surface area contributed by atoms with Gasteiger partial charge >= 0.3 is 5.97 Å². The predicted molar refractivity (Wildman–Crippen MR) is 208 cm³/mol. The van der Waals surface area contributed by atoms with Crippen molar-refractivity contribution in [3.8, 4) is 0 Å². The first kappa shape index (κ1) is 42.8. The molecule has 0 aromatic carbocycles. The molecule has 1 aliphatic heterocycles. The van der Waals surface area contributed by atoms with Crippen LogP contribution >= 0.6 is 11.3 Å². The van der Waals surface area contributed by atoms with E-state index in [9.17, 15) is 9.59 Å². The molecule has 2 rings (SSSR count). The predicted octanol–water partition coefficient (Wildman–Crippen LogP) is 11.3. The van der Waals surface area contributed by atoms with Crippen LogP contribution < -0.4 is 0 Å². The van der Waals surface area contributed by atoms with Crippen LogP contribution in [-0.2, 0) is 23.2 Å². The number of allylic oxidation sites excluding steroid dienone is 1. The molecule has 0 aliphatic carbocycles. The fourth-order valence-electron chi connectivity index (χ4n) is 5.83. The molecule has 48 heavy (non-hydrogen) atoms. The minimum atomic E-state index is -2.39. The molecule has 5 unspecified atom stereocenters. The van der Waals surface area contributed by atoms with Crippen molar-refractivity contribution < 1.29 is 23.2 Å². The highest BCUT2D eigenvalue weighted by molar-refractivity contribution is 7.09. The number of hydrogen-bond donors (Lipinski definition) is 0. The molecular weight excluding hydrogens is 651 g/mol. The summed E-state index contributed by atoms with van der Waals surface area (Å²) in [5, 5.41) is 2.94. The van der Waals surface area contributed by atoms with Crippen LogP contribution in [0.25, 0.3) is 6.08 Å². The number of aromatic nitrogens is 1. The average Bonchev–Trinajstić information content (AvgIpc) is 3.34. The Morgan fingerprint density at radius 3 is 2.08 bits per heavy atom. The summed E-state index contributed by atoms with van der Waals surface area (Å²) < 4.78 is 20.5. The Bertz CT molecular complexity index is 1310. The van der Waals surface area contributed by atoms with E-state index < -0.39 is 34.3 Å². The number of ketones is 1. The Kier molecular flexibility index (Phi) is 14.5. The van der Waals surface area contributed by atoms with E-state index in [1.54, 1.807) is 11.3 Å². The molecule has 0 saturated heterocycles. The summed E-state index contributed by atoms with van der Waals surface area (Å²) >= 11 is 1.61. The Balaban J connectivity index is 2.66. The second-order valence-electron chi connectivity index (χ2n) is 18.1. The molecule has 5 atom stereocenters. The van der Waals surface area contributed by atoms with E-state index in [2.05, 4.69) is 92.6 Å². The van der Waals surface area contributed by atoms with Crippen molar-refractivity contribution >= 4 is 45.8 Å². The second-order valence-corrected chi connectivity index (χ2v) is 28.7. The van der Waals surface area contributed by atoms with Gasteiger partial charge in [-0.05, 0) is 93.9 Å². The van der Waals surface area contributed by atoms with Crippen molar-refractivity contribution in [2.24, 2.45) is 17.3 Å². The fourth-order valence-corrected chi connectivity index (χ4v) is 9.32. The van der Waals surface area contributed by atoms with Gasteiger partial charge in [-0.3, -0.25) is 9.59 Å². The van der Waals surface area contributed by atoms with Crippen molar-refractivity contribution in [1.29, 1.82) is 0 Å². The van der Waals surface area contributed by atoms with Crippen molar-refractivity contribution in [2.45, 2.75) is 177 Å². The van der Waals surface area contributed by atoms with E-state index in [1.165, 1.54) is 5.57 Å². The largest absolute Gasteiger partial charge is 0.457 e. The molecule has 1 aromatic heterocycles. The van der Waals surface area contributed by atoms with E-state index in [0.717, 1.165) is 35.5 Å². The summed E-state index contributed by atoms with van der Waals surface area (Å²) in [5.41, 5.74) is 2.15. The maximum atomic E-state index is 14.8. The van der Waals surface area contributed by atoms with Crippen LogP contribution in [0.15, 0.2) is 22.6 Å². The lowest BCUT2D eigenvalue weighted by Crippen LogP contribution is -2.54. The van der Waals surface area contributed by atoms with Gasteiger partial charge in [-0.15, -0.1) is 11.3 Å². The number of rotatable bonds is 6. The number of nitrogens with zero attached hydrogens (tertiary/aromatic N) is 1. The molecule has 0 N–H and O–H groups in total. The highest BCUT2D eigenvalue weighted by Crippen LogP contribution is 2.44. The third-order valence-electron chi connectivity index (χ3n) is 11.4. The number of aryl methyl sites for hydroxylation is 1. The lowest BCUT2D eigenvalue weighted by Gasteiger charge is -2.46. The highest BCUT2D eigenvalue weighted by atomic mass is 32.1. The smallest absolute Gasteiger partial charge is 0.309 e. The molecule has 0 radical (unpaired) electrons. The van der Waals surface area contributed by atoms with Crippen LogP contribution in [0.5, 0.6) is 0 Å². The summed E-state index contributed by atoms with van der Waals surface area (Å²) in [7, 11) is -4.58. The molecule has 2 heterocycles. The van der Waals surface area contributed by atoms with Gasteiger partial charge in [-0.25, -0.2) is 4.98 Å². The van der Waals surface area contributed by atoms with Crippen LogP contribution in [0.1, 0.15) is 126 Å². The SMILES string of the molecule is C/C1=C/CC(/C(C)=C/c2csc(C)n2)OC(=O)CC(O[Si](C)(C)C(C)(C)C)C(C)(C)C(=O)C(C)C(O[Si](C)(C)C(C)(C)C)C(C)CCC1. The zero-order chi connectivity index (χ0) is 37.0.